The second-order valence-corrected chi connectivity index (χ2v) is 8.12. The summed E-state index contributed by atoms with van der Waals surface area (Å²) in [7, 11) is 1.79. The standard InChI is InChI=1S/C22H22N4O2S/c1-14-18(15(2)26(24-14)17-7-5-4-6-8-17)12-25(3)22(28)16-9-10-20-19(11-16)23-21(27)13-29-20/h4-11H,12-13H2,1-3H3,(H,23,27). The first kappa shape index (κ1) is 19.3. The molecule has 0 spiro atoms. The smallest absolute Gasteiger partial charge is 0.253 e. The monoisotopic (exact) mass is 406 g/mol. The van der Waals surface area contributed by atoms with E-state index in [4.69, 9.17) is 0 Å². The molecule has 0 saturated carbocycles. The highest BCUT2D eigenvalue weighted by atomic mass is 32.2. The first-order chi connectivity index (χ1) is 13.9. The first-order valence-corrected chi connectivity index (χ1v) is 10.4. The van der Waals surface area contributed by atoms with Gasteiger partial charge in [-0.15, -0.1) is 11.8 Å². The molecule has 2 aromatic carbocycles. The maximum Gasteiger partial charge on any atom is 0.253 e. The van der Waals surface area contributed by atoms with Gasteiger partial charge in [-0.1, -0.05) is 18.2 Å². The number of thioether (sulfide) groups is 1. The summed E-state index contributed by atoms with van der Waals surface area (Å²) >= 11 is 1.48. The van der Waals surface area contributed by atoms with Gasteiger partial charge >= 0.3 is 0 Å². The number of nitrogens with zero attached hydrogens (tertiary/aromatic N) is 3. The average molecular weight is 407 g/mol. The quantitative estimate of drug-likeness (QED) is 0.716. The third-order valence-corrected chi connectivity index (χ3v) is 6.12. The van der Waals surface area contributed by atoms with Crippen LogP contribution in [0.4, 0.5) is 5.69 Å². The summed E-state index contributed by atoms with van der Waals surface area (Å²) in [5.74, 6) is 0.272. The summed E-state index contributed by atoms with van der Waals surface area (Å²) in [6.07, 6.45) is 0. The van der Waals surface area contributed by atoms with E-state index in [0.717, 1.165) is 27.5 Å². The molecule has 0 saturated heterocycles. The van der Waals surface area contributed by atoms with E-state index in [-0.39, 0.29) is 11.8 Å². The van der Waals surface area contributed by atoms with Crippen molar-refractivity contribution in [2.24, 2.45) is 0 Å². The van der Waals surface area contributed by atoms with E-state index in [1.54, 1.807) is 18.0 Å². The van der Waals surface area contributed by atoms with E-state index < -0.39 is 0 Å². The van der Waals surface area contributed by atoms with Crippen LogP contribution in [0.3, 0.4) is 0 Å². The van der Waals surface area contributed by atoms with Crippen LogP contribution in [0.25, 0.3) is 5.69 Å². The topological polar surface area (TPSA) is 67.2 Å². The molecule has 148 valence electrons. The van der Waals surface area contributed by atoms with Crippen LogP contribution >= 0.6 is 11.8 Å². The predicted molar refractivity (Wildman–Crippen MR) is 115 cm³/mol. The van der Waals surface area contributed by atoms with Crippen molar-refractivity contribution in [2.75, 3.05) is 18.1 Å². The van der Waals surface area contributed by atoms with Crippen molar-refractivity contribution >= 4 is 29.3 Å². The minimum Gasteiger partial charge on any atom is -0.337 e. The Morgan fingerprint density at radius 2 is 1.97 bits per heavy atom. The fourth-order valence-electron chi connectivity index (χ4n) is 3.47. The lowest BCUT2D eigenvalue weighted by Gasteiger charge is -2.20. The molecule has 7 heteroatoms. The molecule has 3 aromatic rings. The third kappa shape index (κ3) is 3.78. The lowest BCUT2D eigenvalue weighted by molar-refractivity contribution is -0.113. The summed E-state index contributed by atoms with van der Waals surface area (Å²) in [5, 5.41) is 7.50. The number of para-hydroxylation sites is 1. The molecule has 0 fully saturated rings. The zero-order chi connectivity index (χ0) is 20.5. The van der Waals surface area contributed by atoms with Gasteiger partial charge in [0.25, 0.3) is 5.91 Å². The molecule has 1 N–H and O–H groups in total. The highest BCUT2D eigenvalue weighted by Gasteiger charge is 2.21. The van der Waals surface area contributed by atoms with E-state index in [2.05, 4.69) is 10.4 Å². The Balaban J connectivity index is 1.56. The van der Waals surface area contributed by atoms with Gasteiger partial charge in [0.15, 0.2) is 0 Å². The van der Waals surface area contributed by atoms with Crippen molar-refractivity contribution in [3.8, 4) is 5.69 Å². The number of anilines is 1. The Kier molecular flexibility index (Phi) is 5.15. The van der Waals surface area contributed by atoms with Crippen molar-refractivity contribution in [2.45, 2.75) is 25.3 Å². The van der Waals surface area contributed by atoms with Gasteiger partial charge in [0, 0.05) is 35.3 Å². The summed E-state index contributed by atoms with van der Waals surface area (Å²) in [6, 6.07) is 15.4. The number of carbonyl (C=O) groups excluding carboxylic acids is 2. The minimum atomic E-state index is -0.0936. The summed E-state index contributed by atoms with van der Waals surface area (Å²) in [5.41, 5.74) is 5.21. The molecule has 0 bridgehead atoms. The number of fused-ring (bicyclic) bond motifs is 1. The molecule has 0 atom stereocenters. The number of benzene rings is 2. The number of amides is 2. The second-order valence-electron chi connectivity index (χ2n) is 7.11. The molecule has 0 aliphatic carbocycles. The van der Waals surface area contributed by atoms with E-state index in [1.807, 2.05) is 61.0 Å². The SMILES string of the molecule is Cc1nn(-c2ccccc2)c(C)c1CN(C)C(=O)c1ccc2c(c1)NC(=O)CS2. The number of aryl methyl sites for hydroxylation is 1. The Morgan fingerprint density at radius 1 is 1.21 bits per heavy atom. The fourth-order valence-corrected chi connectivity index (χ4v) is 4.26. The lowest BCUT2D eigenvalue weighted by atomic mass is 10.1. The lowest BCUT2D eigenvalue weighted by Crippen LogP contribution is -2.27. The largest absolute Gasteiger partial charge is 0.337 e. The summed E-state index contributed by atoms with van der Waals surface area (Å²) in [4.78, 5) is 27.3. The van der Waals surface area contributed by atoms with Crippen molar-refractivity contribution in [3.63, 3.8) is 0 Å². The van der Waals surface area contributed by atoms with Crippen LogP contribution in [0.2, 0.25) is 0 Å². The molecule has 6 nitrogen and oxygen atoms in total. The molecule has 4 rings (SSSR count). The number of nitrogens with one attached hydrogen (secondary N) is 1. The van der Waals surface area contributed by atoms with Crippen LogP contribution in [0.1, 0.15) is 27.3 Å². The predicted octanol–water partition coefficient (Wildman–Crippen LogP) is 3.81. The minimum absolute atomic E-state index is 0.0416. The van der Waals surface area contributed by atoms with Crippen LogP contribution in [0, 0.1) is 13.8 Å². The average Bonchev–Trinajstić information content (AvgIpc) is 3.01. The van der Waals surface area contributed by atoms with Crippen LogP contribution in [0.5, 0.6) is 0 Å². The van der Waals surface area contributed by atoms with Gasteiger partial charge in [-0.3, -0.25) is 9.59 Å². The van der Waals surface area contributed by atoms with Crippen molar-refractivity contribution in [3.05, 3.63) is 71.0 Å². The molecule has 29 heavy (non-hydrogen) atoms. The van der Waals surface area contributed by atoms with E-state index in [0.29, 0.717) is 23.5 Å². The Morgan fingerprint density at radius 3 is 2.72 bits per heavy atom. The third-order valence-electron chi connectivity index (χ3n) is 5.04. The molecule has 1 aliphatic rings. The number of hydrogen-bond acceptors (Lipinski definition) is 4. The molecular weight excluding hydrogens is 384 g/mol. The van der Waals surface area contributed by atoms with Crippen LogP contribution in [0.15, 0.2) is 53.4 Å². The zero-order valence-electron chi connectivity index (χ0n) is 16.6. The van der Waals surface area contributed by atoms with Gasteiger partial charge in [-0.2, -0.15) is 5.10 Å². The molecule has 0 unspecified atom stereocenters. The number of rotatable bonds is 4. The van der Waals surface area contributed by atoms with Gasteiger partial charge in [0.1, 0.15) is 0 Å². The van der Waals surface area contributed by atoms with Crippen LogP contribution < -0.4 is 5.32 Å². The van der Waals surface area contributed by atoms with E-state index in [9.17, 15) is 9.59 Å². The van der Waals surface area contributed by atoms with Crippen LogP contribution in [-0.4, -0.2) is 39.3 Å². The van der Waals surface area contributed by atoms with Gasteiger partial charge in [0.2, 0.25) is 5.91 Å². The second kappa shape index (κ2) is 7.75. The zero-order valence-corrected chi connectivity index (χ0v) is 17.4. The number of carbonyl (C=O) groups is 2. The molecule has 1 aromatic heterocycles. The summed E-state index contributed by atoms with van der Waals surface area (Å²) < 4.78 is 1.91. The van der Waals surface area contributed by atoms with Gasteiger partial charge in [-0.05, 0) is 44.2 Å². The number of hydrogen-bond donors (Lipinski definition) is 1. The Bertz CT molecular complexity index is 1090. The summed E-state index contributed by atoms with van der Waals surface area (Å²) in [6.45, 7) is 4.44. The first-order valence-electron chi connectivity index (χ1n) is 9.36. The molecule has 2 amide bonds. The maximum absolute atomic E-state index is 13.0. The normalized spacial score (nSPS) is 13.0. The van der Waals surface area contributed by atoms with E-state index >= 15 is 0 Å². The Hall–Kier alpha value is -3.06. The Labute approximate surface area is 173 Å². The molecule has 2 heterocycles. The highest BCUT2D eigenvalue weighted by Crippen LogP contribution is 2.32. The van der Waals surface area contributed by atoms with Crippen molar-refractivity contribution in [1.82, 2.24) is 14.7 Å². The molecule has 0 radical (unpaired) electrons. The molecular formula is C22H22N4O2S. The van der Waals surface area contributed by atoms with Gasteiger partial charge in [0.05, 0.1) is 22.8 Å². The van der Waals surface area contributed by atoms with Gasteiger partial charge in [-0.25, -0.2) is 4.68 Å². The van der Waals surface area contributed by atoms with Crippen molar-refractivity contribution in [1.29, 1.82) is 0 Å². The highest BCUT2D eigenvalue weighted by molar-refractivity contribution is 8.00. The van der Waals surface area contributed by atoms with Gasteiger partial charge < -0.3 is 10.2 Å². The fraction of sp³-hybridized carbons (Fsp3) is 0.227. The maximum atomic E-state index is 13.0. The molecule has 1 aliphatic heterocycles. The van der Waals surface area contributed by atoms with Crippen LogP contribution in [-0.2, 0) is 11.3 Å². The number of aromatic nitrogens is 2. The van der Waals surface area contributed by atoms with E-state index in [1.165, 1.54) is 11.8 Å². The van der Waals surface area contributed by atoms with Crippen molar-refractivity contribution < 1.29 is 9.59 Å².